The van der Waals surface area contributed by atoms with Crippen LogP contribution in [-0.4, -0.2) is 44.9 Å². The summed E-state index contributed by atoms with van der Waals surface area (Å²) in [5.41, 5.74) is 2.00. The van der Waals surface area contributed by atoms with Gasteiger partial charge in [-0.05, 0) is 55.8 Å². The minimum absolute atomic E-state index is 0.0251. The molecule has 1 saturated heterocycles. The topological polar surface area (TPSA) is 50.8 Å². The second-order valence-electron chi connectivity index (χ2n) is 6.60. The standard InChI is InChI=1S/C21H25ClN2O3/c1-15-6-3-4-7-18(15)24-19(14-23-12-5-13-26-2)20(21(24)25)27-17-10-8-16(22)9-11-17/h3-4,6-11,19-20,23H,5,12-14H2,1-2H3/t19-,20+/m0/s1. The van der Waals surface area contributed by atoms with Gasteiger partial charge in [0.25, 0.3) is 5.91 Å². The molecule has 0 aromatic heterocycles. The molecule has 0 radical (unpaired) electrons. The van der Waals surface area contributed by atoms with Crippen molar-refractivity contribution in [2.45, 2.75) is 25.5 Å². The number of halogens is 1. The van der Waals surface area contributed by atoms with Crippen molar-refractivity contribution in [3.63, 3.8) is 0 Å². The van der Waals surface area contributed by atoms with E-state index in [-0.39, 0.29) is 11.9 Å². The number of hydrogen-bond acceptors (Lipinski definition) is 4. The monoisotopic (exact) mass is 388 g/mol. The Morgan fingerprint density at radius 2 is 1.89 bits per heavy atom. The number of rotatable bonds is 9. The lowest BCUT2D eigenvalue weighted by Gasteiger charge is -2.47. The Bertz CT molecular complexity index is 766. The molecule has 0 aliphatic carbocycles. The molecule has 1 amide bonds. The normalized spacial score (nSPS) is 19.1. The zero-order chi connectivity index (χ0) is 19.2. The number of anilines is 1. The number of ether oxygens (including phenoxy) is 2. The van der Waals surface area contributed by atoms with Crippen molar-refractivity contribution in [3.05, 3.63) is 59.1 Å². The largest absolute Gasteiger partial charge is 0.478 e. The second-order valence-corrected chi connectivity index (χ2v) is 7.04. The highest BCUT2D eigenvalue weighted by Gasteiger charge is 2.50. The minimum atomic E-state index is -0.513. The van der Waals surface area contributed by atoms with E-state index in [0.29, 0.717) is 23.9 Å². The number of benzene rings is 2. The first-order valence-corrected chi connectivity index (χ1v) is 9.50. The predicted molar refractivity (Wildman–Crippen MR) is 108 cm³/mol. The van der Waals surface area contributed by atoms with Crippen LogP contribution < -0.4 is 15.0 Å². The summed E-state index contributed by atoms with van der Waals surface area (Å²) < 4.78 is 11.1. The van der Waals surface area contributed by atoms with Gasteiger partial charge in [0.2, 0.25) is 0 Å². The van der Waals surface area contributed by atoms with Gasteiger partial charge in [0.15, 0.2) is 6.10 Å². The Hall–Kier alpha value is -2.08. The molecule has 27 heavy (non-hydrogen) atoms. The molecule has 0 spiro atoms. The average Bonchev–Trinajstić information content (AvgIpc) is 2.67. The summed E-state index contributed by atoms with van der Waals surface area (Å²) in [7, 11) is 1.69. The fraction of sp³-hybridized carbons (Fsp3) is 0.381. The summed E-state index contributed by atoms with van der Waals surface area (Å²) in [5.74, 6) is 0.620. The van der Waals surface area contributed by atoms with Gasteiger partial charge in [-0.15, -0.1) is 0 Å². The third-order valence-corrected chi connectivity index (χ3v) is 4.92. The van der Waals surface area contributed by atoms with Gasteiger partial charge in [0.1, 0.15) is 5.75 Å². The lowest BCUT2D eigenvalue weighted by molar-refractivity contribution is -0.134. The molecule has 0 unspecified atom stereocenters. The molecular formula is C21H25ClN2O3. The van der Waals surface area contributed by atoms with Gasteiger partial charge in [-0.1, -0.05) is 29.8 Å². The van der Waals surface area contributed by atoms with Gasteiger partial charge in [-0.2, -0.15) is 0 Å². The van der Waals surface area contributed by atoms with Crippen molar-refractivity contribution in [2.75, 3.05) is 31.7 Å². The molecule has 1 heterocycles. The number of carbonyl (C=O) groups is 1. The van der Waals surface area contributed by atoms with E-state index in [4.69, 9.17) is 21.1 Å². The molecule has 1 aliphatic heterocycles. The smallest absolute Gasteiger partial charge is 0.270 e. The lowest BCUT2D eigenvalue weighted by Crippen LogP contribution is -2.70. The van der Waals surface area contributed by atoms with Gasteiger partial charge < -0.3 is 19.7 Å². The molecule has 5 nitrogen and oxygen atoms in total. The van der Waals surface area contributed by atoms with Gasteiger partial charge in [0.05, 0.1) is 6.04 Å². The molecule has 1 N–H and O–H groups in total. The molecule has 2 aromatic carbocycles. The van der Waals surface area contributed by atoms with Crippen LogP contribution in [0.25, 0.3) is 0 Å². The summed E-state index contributed by atoms with van der Waals surface area (Å²) in [6.07, 6.45) is 0.408. The Labute approximate surface area is 165 Å². The number of para-hydroxylation sites is 1. The SMILES string of the molecule is COCCCNC[C@H]1[C@@H](Oc2ccc(Cl)cc2)C(=O)N1c1ccccc1C. The Morgan fingerprint density at radius 3 is 2.59 bits per heavy atom. The van der Waals surface area contributed by atoms with E-state index in [1.165, 1.54) is 0 Å². The van der Waals surface area contributed by atoms with E-state index in [1.54, 1.807) is 31.4 Å². The van der Waals surface area contributed by atoms with Crippen molar-refractivity contribution in [1.29, 1.82) is 0 Å². The number of carbonyl (C=O) groups excluding carboxylic acids is 1. The number of aryl methyl sites for hydroxylation is 1. The van der Waals surface area contributed by atoms with Gasteiger partial charge in [-0.25, -0.2) is 0 Å². The summed E-state index contributed by atoms with van der Waals surface area (Å²) in [6.45, 7) is 4.21. The lowest BCUT2D eigenvalue weighted by atomic mass is 9.95. The van der Waals surface area contributed by atoms with Gasteiger partial charge in [0, 0.05) is 31.0 Å². The van der Waals surface area contributed by atoms with Crippen LogP contribution in [0.15, 0.2) is 48.5 Å². The Kier molecular flexibility index (Phi) is 6.72. The number of β-lactam (4-membered cyclic amide) rings is 1. The molecule has 0 bridgehead atoms. The first-order valence-electron chi connectivity index (χ1n) is 9.12. The van der Waals surface area contributed by atoms with E-state index in [0.717, 1.165) is 24.2 Å². The molecule has 1 aliphatic rings. The zero-order valence-electron chi connectivity index (χ0n) is 15.7. The zero-order valence-corrected chi connectivity index (χ0v) is 16.4. The van der Waals surface area contributed by atoms with Crippen molar-refractivity contribution in [3.8, 4) is 5.75 Å². The first kappa shape index (κ1) is 19.7. The van der Waals surface area contributed by atoms with Crippen LogP contribution >= 0.6 is 11.6 Å². The highest BCUT2D eigenvalue weighted by atomic mass is 35.5. The Balaban J connectivity index is 1.72. The van der Waals surface area contributed by atoms with Gasteiger partial charge >= 0.3 is 0 Å². The van der Waals surface area contributed by atoms with Crippen LogP contribution in [0.5, 0.6) is 5.75 Å². The maximum absolute atomic E-state index is 12.9. The minimum Gasteiger partial charge on any atom is -0.478 e. The fourth-order valence-corrected chi connectivity index (χ4v) is 3.35. The molecule has 1 fully saturated rings. The molecule has 2 atom stereocenters. The van der Waals surface area contributed by atoms with Gasteiger partial charge in [-0.3, -0.25) is 4.79 Å². The van der Waals surface area contributed by atoms with Crippen molar-refractivity contribution in [1.82, 2.24) is 5.32 Å². The average molecular weight is 389 g/mol. The van der Waals surface area contributed by atoms with Crippen LogP contribution in [0.2, 0.25) is 5.02 Å². The van der Waals surface area contributed by atoms with Crippen molar-refractivity contribution >= 4 is 23.2 Å². The van der Waals surface area contributed by atoms with Crippen LogP contribution in [0.3, 0.4) is 0 Å². The number of methoxy groups -OCH3 is 1. The van der Waals surface area contributed by atoms with E-state index in [2.05, 4.69) is 5.32 Å². The Morgan fingerprint density at radius 1 is 1.15 bits per heavy atom. The highest BCUT2D eigenvalue weighted by molar-refractivity contribution is 6.30. The number of nitrogens with one attached hydrogen (secondary N) is 1. The summed E-state index contributed by atoms with van der Waals surface area (Å²) in [5, 5.41) is 4.05. The van der Waals surface area contributed by atoms with Crippen LogP contribution in [0.1, 0.15) is 12.0 Å². The molecular weight excluding hydrogens is 364 g/mol. The predicted octanol–water partition coefficient (Wildman–Crippen LogP) is 3.44. The molecule has 6 heteroatoms. The quantitative estimate of drug-likeness (QED) is 0.528. The van der Waals surface area contributed by atoms with Crippen LogP contribution in [0.4, 0.5) is 5.69 Å². The molecule has 2 aromatic rings. The third kappa shape index (κ3) is 4.61. The fourth-order valence-electron chi connectivity index (χ4n) is 3.23. The summed E-state index contributed by atoms with van der Waals surface area (Å²) >= 11 is 5.93. The molecule has 0 saturated carbocycles. The first-order chi connectivity index (χ1) is 13.1. The number of nitrogens with zero attached hydrogens (tertiary/aromatic N) is 1. The van der Waals surface area contributed by atoms with E-state index < -0.39 is 6.10 Å². The van der Waals surface area contributed by atoms with Crippen LogP contribution in [0, 0.1) is 6.92 Å². The van der Waals surface area contributed by atoms with Crippen molar-refractivity contribution in [2.24, 2.45) is 0 Å². The molecule has 3 rings (SSSR count). The highest BCUT2D eigenvalue weighted by Crippen LogP contribution is 2.33. The van der Waals surface area contributed by atoms with E-state index in [9.17, 15) is 4.79 Å². The van der Waals surface area contributed by atoms with E-state index >= 15 is 0 Å². The molecule has 144 valence electrons. The second kappa shape index (κ2) is 9.22. The third-order valence-electron chi connectivity index (χ3n) is 4.67. The maximum atomic E-state index is 12.9. The maximum Gasteiger partial charge on any atom is 0.270 e. The van der Waals surface area contributed by atoms with E-state index in [1.807, 2.05) is 36.1 Å². The summed E-state index contributed by atoms with van der Waals surface area (Å²) in [6, 6.07) is 14.9. The van der Waals surface area contributed by atoms with Crippen LogP contribution in [-0.2, 0) is 9.53 Å². The number of amides is 1. The number of hydrogen-bond donors (Lipinski definition) is 1. The summed E-state index contributed by atoms with van der Waals surface area (Å²) in [4.78, 5) is 14.7. The van der Waals surface area contributed by atoms with Crippen molar-refractivity contribution < 1.29 is 14.3 Å².